The van der Waals surface area contributed by atoms with E-state index in [1.165, 1.54) is 18.2 Å². The summed E-state index contributed by atoms with van der Waals surface area (Å²) in [4.78, 5) is 25.3. The number of nitrogens with one attached hydrogen (secondary N) is 1. The zero-order chi connectivity index (χ0) is 17.9. The van der Waals surface area contributed by atoms with Gasteiger partial charge in [0.25, 0.3) is 0 Å². The second kappa shape index (κ2) is 7.21. The molecule has 1 heterocycles. The topological polar surface area (TPSA) is 75.4 Å². The lowest BCUT2D eigenvalue weighted by Gasteiger charge is -2.34. The van der Waals surface area contributed by atoms with Crippen LogP contribution in [0.3, 0.4) is 0 Å². The van der Waals surface area contributed by atoms with Gasteiger partial charge >= 0.3 is 6.18 Å². The van der Waals surface area contributed by atoms with E-state index in [4.69, 9.17) is 5.73 Å². The number of carbonyl (C=O) groups excluding carboxylic acids is 2. The Morgan fingerprint density at radius 1 is 1.25 bits per heavy atom. The first-order valence-electron chi connectivity index (χ1n) is 7.70. The van der Waals surface area contributed by atoms with E-state index in [1.54, 1.807) is 6.92 Å². The molecule has 0 radical (unpaired) electrons. The number of nitrogens with zero attached hydrogens (tertiary/aromatic N) is 1. The summed E-state index contributed by atoms with van der Waals surface area (Å²) < 4.78 is 38.9. The highest BCUT2D eigenvalue weighted by molar-refractivity contribution is 5.95. The largest absolute Gasteiger partial charge is 0.418 e. The molecule has 8 heteroatoms. The van der Waals surface area contributed by atoms with Crippen LogP contribution in [0.5, 0.6) is 0 Å². The Morgan fingerprint density at radius 2 is 1.83 bits per heavy atom. The van der Waals surface area contributed by atoms with Crippen LogP contribution in [0.25, 0.3) is 0 Å². The number of piperidine rings is 1. The van der Waals surface area contributed by atoms with Gasteiger partial charge in [-0.05, 0) is 45.0 Å². The van der Waals surface area contributed by atoms with Crippen molar-refractivity contribution in [1.29, 1.82) is 0 Å². The minimum absolute atomic E-state index is 0.206. The van der Waals surface area contributed by atoms with Gasteiger partial charge in [0.05, 0.1) is 17.3 Å². The smallest absolute Gasteiger partial charge is 0.369 e. The number of likely N-dealkylation sites (tertiary alicyclic amines) is 1. The van der Waals surface area contributed by atoms with Gasteiger partial charge in [0.1, 0.15) is 0 Å². The van der Waals surface area contributed by atoms with Crippen LogP contribution < -0.4 is 11.1 Å². The van der Waals surface area contributed by atoms with Crippen LogP contribution in [0, 0.1) is 5.92 Å². The maximum atomic E-state index is 13.0. The number of hydrogen-bond donors (Lipinski definition) is 2. The molecule has 24 heavy (non-hydrogen) atoms. The molecule has 0 saturated carbocycles. The number of hydrogen-bond acceptors (Lipinski definition) is 3. The third-order valence-corrected chi connectivity index (χ3v) is 4.35. The molecule has 132 valence electrons. The molecular weight excluding hydrogens is 323 g/mol. The third kappa shape index (κ3) is 4.25. The fourth-order valence-electron chi connectivity index (χ4n) is 2.81. The zero-order valence-corrected chi connectivity index (χ0v) is 13.3. The number of para-hydroxylation sites is 1. The summed E-state index contributed by atoms with van der Waals surface area (Å²) in [6.07, 6.45) is -3.44. The number of rotatable bonds is 4. The van der Waals surface area contributed by atoms with E-state index in [-0.39, 0.29) is 17.5 Å². The van der Waals surface area contributed by atoms with Crippen LogP contribution in [0.15, 0.2) is 24.3 Å². The van der Waals surface area contributed by atoms with Crippen molar-refractivity contribution in [1.82, 2.24) is 4.90 Å². The standard InChI is InChI=1S/C16H20F3N3O2/c1-10(22-8-6-11(7-9-22)14(20)23)15(24)21-13-5-3-2-4-12(13)16(17,18)19/h2-5,10-11H,6-9H2,1H3,(H2,20,23)(H,21,24)/t10-/m0/s1. The Balaban J connectivity index is 2.02. The van der Waals surface area contributed by atoms with Crippen LogP contribution in [0.2, 0.25) is 0 Å². The molecule has 1 aromatic rings. The van der Waals surface area contributed by atoms with Crippen LogP contribution >= 0.6 is 0 Å². The summed E-state index contributed by atoms with van der Waals surface area (Å²) in [5, 5.41) is 2.36. The van der Waals surface area contributed by atoms with E-state index in [1.807, 2.05) is 4.90 Å². The maximum absolute atomic E-state index is 13.0. The third-order valence-electron chi connectivity index (χ3n) is 4.35. The zero-order valence-electron chi connectivity index (χ0n) is 13.3. The number of amides is 2. The van der Waals surface area contributed by atoms with Gasteiger partial charge in [-0.15, -0.1) is 0 Å². The highest BCUT2D eigenvalue weighted by Crippen LogP contribution is 2.34. The van der Waals surface area contributed by atoms with Gasteiger partial charge in [-0.25, -0.2) is 0 Å². The first-order chi connectivity index (χ1) is 11.2. The molecule has 3 N–H and O–H groups in total. The molecule has 2 amide bonds. The molecule has 5 nitrogen and oxygen atoms in total. The molecule has 0 bridgehead atoms. The van der Waals surface area contributed by atoms with Gasteiger partial charge < -0.3 is 11.1 Å². The molecular formula is C16H20F3N3O2. The van der Waals surface area contributed by atoms with Crippen molar-refractivity contribution in [3.8, 4) is 0 Å². The average molecular weight is 343 g/mol. The number of carbonyl (C=O) groups is 2. The summed E-state index contributed by atoms with van der Waals surface area (Å²) in [7, 11) is 0. The predicted octanol–water partition coefficient (Wildman–Crippen LogP) is 2.23. The highest BCUT2D eigenvalue weighted by Gasteiger charge is 2.34. The van der Waals surface area contributed by atoms with Crippen LogP contribution in [0.4, 0.5) is 18.9 Å². The Labute approximate surface area is 138 Å². The minimum Gasteiger partial charge on any atom is -0.369 e. The lowest BCUT2D eigenvalue weighted by Crippen LogP contribution is -2.47. The quantitative estimate of drug-likeness (QED) is 0.880. The van der Waals surface area contributed by atoms with Crippen molar-refractivity contribution < 1.29 is 22.8 Å². The van der Waals surface area contributed by atoms with E-state index in [2.05, 4.69) is 5.32 Å². The molecule has 0 spiro atoms. The van der Waals surface area contributed by atoms with Crippen molar-refractivity contribution in [2.45, 2.75) is 32.0 Å². The Kier molecular flexibility index (Phi) is 5.48. The first kappa shape index (κ1) is 18.3. The van der Waals surface area contributed by atoms with Gasteiger partial charge in [-0.1, -0.05) is 12.1 Å². The molecule has 0 unspecified atom stereocenters. The summed E-state index contributed by atoms with van der Waals surface area (Å²) >= 11 is 0. The second-order valence-electron chi connectivity index (χ2n) is 5.92. The molecule has 1 atom stereocenters. The van der Waals surface area contributed by atoms with Gasteiger partial charge in [0.15, 0.2) is 0 Å². The van der Waals surface area contributed by atoms with E-state index < -0.39 is 23.7 Å². The molecule has 1 aromatic carbocycles. The molecule has 0 aromatic heterocycles. The Hall–Kier alpha value is -2.09. The lowest BCUT2D eigenvalue weighted by molar-refractivity contribution is -0.137. The fourth-order valence-corrected chi connectivity index (χ4v) is 2.81. The van der Waals surface area contributed by atoms with E-state index in [0.717, 1.165) is 6.07 Å². The lowest BCUT2D eigenvalue weighted by atomic mass is 9.95. The molecule has 1 aliphatic rings. The second-order valence-corrected chi connectivity index (χ2v) is 5.92. The molecule has 0 aliphatic carbocycles. The summed E-state index contributed by atoms with van der Waals surface area (Å²) in [6.45, 7) is 2.64. The summed E-state index contributed by atoms with van der Waals surface area (Å²) in [5.41, 5.74) is 4.13. The Bertz CT molecular complexity index is 611. The van der Waals surface area contributed by atoms with Crippen LogP contribution in [-0.2, 0) is 15.8 Å². The van der Waals surface area contributed by atoms with Gasteiger partial charge in [0.2, 0.25) is 11.8 Å². The summed E-state index contributed by atoms with van der Waals surface area (Å²) in [6, 6.07) is 4.27. The van der Waals surface area contributed by atoms with Gasteiger partial charge in [-0.3, -0.25) is 14.5 Å². The van der Waals surface area contributed by atoms with Crippen LogP contribution in [0.1, 0.15) is 25.3 Å². The number of nitrogens with two attached hydrogens (primary N) is 1. The minimum atomic E-state index is -4.53. The maximum Gasteiger partial charge on any atom is 0.418 e. The number of halogens is 3. The predicted molar refractivity (Wildman–Crippen MR) is 83.0 cm³/mol. The SMILES string of the molecule is C[C@@H](C(=O)Nc1ccccc1C(F)(F)F)N1CCC(C(N)=O)CC1. The van der Waals surface area contributed by atoms with E-state index in [9.17, 15) is 22.8 Å². The van der Waals surface area contributed by atoms with Crippen molar-refractivity contribution in [3.05, 3.63) is 29.8 Å². The average Bonchev–Trinajstić information content (AvgIpc) is 2.53. The Morgan fingerprint density at radius 3 is 2.38 bits per heavy atom. The fraction of sp³-hybridized carbons (Fsp3) is 0.500. The van der Waals surface area contributed by atoms with Gasteiger partial charge in [-0.2, -0.15) is 13.2 Å². The number of alkyl halides is 3. The van der Waals surface area contributed by atoms with Crippen molar-refractivity contribution in [2.75, 3.05) is 18.4 Å². The summed E-state index contributed by atoms with van der Waals surface area (Å²) in [5.74, 6) is -1.07. The number of anilines is 1. The first-order valence-corrected chi connectivity index (χ1v) is 7.70. The van der Waals surface area contributed by atoms with E-state index >= 15 is 0 Å². The highest BCUT2D eigenvalue weighted by atomic mass is 19.4. The van der Waals surface area contributed by atoms with E-state index in [0.29, 0.717) is 25.9 Å². The number of benzene rings is 1. The van der Waals surface area contributed by atoms with Crippen molar-refractivity contribution in [3.63, 3.8) is 0 Å². The van der Waals surface area contributed by atoms with Crippen molar-refractivity contribution >= 4 is 17.5 Å². The molecule has 1 saturated heterocycles. The normalized spacial score (nSPS) is 18.2. The molecule has 1 aliphatic heterocycles. The van der Waals surface area contributed by atoms with Gasteiger partial charge in [0, 0.05) is 5.92 Å². The molecule has 1 fully saturated rings. The number of primary amides is 1. The van der Waals surface area contributed by atoms with Crippen molar-refractivity contribution in [2.24, 2.45) is 11.7 Å². The molecule has 2 rings (SSSR count). The van der Waals surface area contributed by atoms with Crippen LogP contribution in [-0.4, -0.2) is 35.8 Å². The monoisotopic (exact) mass is 343 g/mol.